The predicted octanol–water partition coefficient (Wildman–Crippen LogP) is 3.38. The number of nitrogens with zero attached hydrogens (tertiary/aromatic N) is 1. The second kappa shape index (κ2) is 6.04. The van der Waals surface area contributed by atoms with Gasteiger partial charge >= 0.3 is 0 Å². The highest BCUT2D eigenvalue weighted by Crippen LogP contribution is 2.25. The van der Waals surface area contributed by atoms with Gasteiger partial charge in [0.1, 0.15) is 0 Å². The smallest absolute Gasteiger partial charge is 0.0725 e. The summed E-state index contributed by atoms with van der Waals surface area (Å²) in [6, 6.07) is 11.0. The Morgan fingerprint density at radius 1 is 1.25 bits per heavy atom. The minimum Gasteiger partial charge on any atom is -0.372 e. The molecule has 104 valence electrons. The largest absolute Gasteiger partial charge is 0.372 e. The average molecular weight is 333 g/mol. The summed E-state index contributed by atoms with van der Waals surface area (Å²) in [6.45, 7) is 1.48. The van der Waals surface area contributed by atoms with Gasteiger partial charge in [-0.15, -0.1) is 0 Å². The summed E-state index contributed by atoms with van der Waals surface area (Å²) < 4.78 is 6.49. The minimum atomic E-state index is 0.273. The first-order valence-electron chi connectivity index (χ1n) is 6.73. The summed E-state index contributed by atoms with van der Waals surface area (Å²) in [5.74, 6) is 0. The standard InChI is InChI=1S/C16H17BrN2O/c1-18-16(7-15-5-4-14(17)8-19-15)11-2-3-12-9-20-10-13(12)6-11/h2-6,8,16,18H,7,9-10H2,1H3. The van der Waals surface area contributed by atoms with E-state index in [9.17, 15) is 0 Å². The molecule has 20 heavy (non-hydrogen) atoms. The molecule has 1 N–H and O–H groups in total. The topological polar surface area (TPSA) is 34.2 Å². The number of nitrogens with one attached hydrogen (secondary N) is 1. The molecule has 1 atom stereocenters. The fraction of sp³-hybridized carbons (Fsp3) is 0.312. The molecule has 3 nitrogen and oxygen atoms in total. The number of benzene rings is 1. The molecular weight excluding hydrogens is 316 g/mol. The molecule has 0 saturated carbocycles. The van der Waals surface area contributed by atoms with E-state index in [2.05, 4.69) is 50.5 Å². The SMILES string of the molecule is CNC(Cc1ccc(Br)cn1)c1ccc2c(c1)COC2. The van der Waals surface area contributed by atoms with Crippen LogP contribution in [-0.2, 0) is 24.4 Å². The quantitative estimate of drug-likeness (QED) is 0.931. The van der Waals surface area contributed by atoms with Crippen LogP contribution in [0, 0.1) is 0 Å². The molecule has 0 fully saturated rings. The molecule has 3 rings (SSSR count). The molecule has 1 aliphatic rings. The van der Waals surface area contributed by atoms with Gasteiger partial charge in [0.25, 0.3) is 0 Å². The van der Waals surface area contributed by atoms with E-state index in [1.807, 2.05) is 19.3 Å². The number of aromatic nitrogens is 1. The first-order valence-corrected chi connectivity index (χ1v) is 7.52. The number of pyridine rings is 1. The van der Waals surface area contributed by atoms with Gasteiger partial charge in [-0.25, -0.2) is 0 Å². The van der Waals surface area contributed by atoms with Gasteiger partial charge in [-0.1, -0.05) is 18.2 Å². The van der Waals surface area contributed by atoms with Gasteiger partial charge in [-0.3, -0.25) is 4.98 Å². The molecule has 0 radical (unpaired) electrons. The highest BCUT2D eigenvalue weighted by molar-refractivity contribution is 9.10. The number of rotatable bonds is 4. The average Bonchev–Trinajstić information content (AvgIpc) is 2.94. The van der Waals surface area contributed by atoms with Crippen molar-refractivity contribution in [3.05, 3.63) is 63.4 Å². The van der Waals surface area contributed by atoms with Crippen molar-refractivity contribution in [2.75, 3.05) is 7.05 Å². The monoisotopic (exact) mass is 332 g/mol. The maximum atomic E-state index is 5.48. The van der Waals surface area contributed by atoms with Gasteiger partial charge in [0.15, 0.2) is 0 Å². The number of ether oxygens (including phenoxy) is 1. The minimum absolute atomic E-state index is 0.273. The van der Waals surface area contributed by atoms with Crippen molar-refractivity contribution in [2.45, 2.75) is 25.7 Å². The Morgan fingerprint density at radius 2 is 2.10 bits per heavy atom. The summed E-state index contributed by atoms with van der Waals surface area (Å²) in [6.07, 6.45) is 2.72. The van der Waals surface area contributed by atoms with Crippen molar-refractivity contribution in [2.24, 2.45) is 0 Å². The summed E-state index contributed by atoms with van der Waals surface area (Å²) in [5.41, 5.74) is 5.00. The lowest BCUT2D eigenvalue weighted by Gasteiger charge is -2.17. The highest BCUT2D eigenvalue weighted by Gasteiger charge is 2.16. The van der Waals surface area contributed by atoms with Gasteiger partial charge in [-0.2, -0.15) is 0 Å². The van der Waals surface area contributed by atoms with Crippen LogP contribution in [0.2, 0.25) is 0 Å². The van der Waals surface area contributed by atoms with Crippen LogP contribution in [0.1, 0.15) is 28.4 Å². The molecule has 0 amide bonds. The van der Waals surface area contributed by atoms with E-state index < -0.39 is 0 Å². The van der Waals surface area contributed by atoms with E-state index in [1.165, 1.54) is 16.7 Å². The van der Waals surface area contributed by atoms with Crippen LogP contribution in [-0.4, -0.2) is 12.0 Å². The van der Waals surface area contributed by atoms with Crippen LogP contribution < -0.4 is 5.32 Å². The number of halogens is 1. The maximum Gasteiger partial charge on any atom is 0.0725 e. The fourth-order valence-corrected chi connectivity index (χ4v) is 2.77. The zero-order valence-corrected chi connectivity index (χ0v) is 13.0. The van der Waals surface area contributed by atoms with Crippen molar-refractivity contribution in [3.63, 3.8) is 0 Å². The summed E-state index contributed by atoms with van der Waals surface area (Å²) in [4.78, 5) is 4.45. The van der Waals surface area contributed by atoms with E-state index in [-0.39, 0.29) is 6.04 Å². The fourth-order valence-electron chi connectivity index (χ4n) is 2.53. The molecule has 0 aliphatic carbocycles. The molecule has 2 aromatic rings. The Labute approximate surface area is 127 Å². The maximum absolute atomic E-state index is 5.48. The van der Waals surface area contributed by atoms with E-state index in [4.69, 9.17) is 4.74 Å². The van der Waals surface area contributed by atoms with Crippen molar-refractivity contribution in [1.29, 1.82) is 0 Å². The molecule has 1 aromatic heterocycles. The van der Waals surface area contributed by atoms with Gasteiger partial charge < -0.3 is 10.1 Å². The Hall–Kier alpha value is -1.23. The van der Waals surface area contributed by atoms with Gasteiger partial charge in [0.05, 0.1) is 13.2 Å². The van der Waals surface area contributed by atoms with Crippen LogP contribution in [0.25, 0.3) is 0 Å². The molecule has 1 unspecified atom stereocenters. The number of hydrogen-bond acceptors (Lipinski definition) is 3. The Balaban J connectivity index is 1.81. The zero-order chi connectivity index (χ0) is 13.9. The summed E-state index contributed by atoms with van der Waals surface area (Å²) in [5, 5.41) is 3.38. The van der Waals surface area contributed by atoms with Gasteiger partial charge in [0.2, 0.25) is 0 Å². The van der Waals surface area contributed by atoms with Crippen molar-refractivity contribution in [1.82, 2.24) is 10.3 Å². The van der Waals surface area contributed by atoms with Crippen LogP contribution in [0.5, 0.6) is 0 Å². The Kier molecular flexibility index (Phi) is 4.15. The summed E-state index contributed by atoms with van der Waals surface area (Å²) >= 11 is 3.42. The first-order chi connectivity index (χ1) is 9.76. The van der Waals surface area contributed by atoms with Crippen LogP contribution in [0.4, 0.5) is 0 Å². The van der Waals surface area contributed by atoms with Crippen LogP contribution in [0.15, 0.2) is 41.0 Å². The predicted molar refractivity (Wildman–Crippen MR) is 82.4 cm³/mol. The lowest BCUT2D eigenvalue weighted by atomic mass is 9.98. The van der Waals surface area contributed by atoms with Crippen LogP contribution >= 0.6 is 15.9 Å². The number of fused-ring (bicyclic) bond motifs is 1. The third-order valence-corrected chi connectivity index (χ3v) is 4.17. The number of hydrogen-bond donors (Lipinski definition) is 1. The van der Waals surface area contributed by atoms with Crippen molar-refractivity contribution >= 4 is 15.9 Å². The molecule has 0 bridgehead atoms. The van der Waals surface area contributed by atoms with Crippen LogP contribution in [0.3, 0.4) is 0 Å². The molecule has 0 spiro atoms. The third kappa shape index (κ3) is 2.92. The summed E-state index contributed by atoms with van der Waals surface area (Å²) in [7, 11) is 1.99. The second-order valence-corrected chi connectivity index (χ2v) is 5.95. The van der Waals surface area contributed by atoms with E-state index in [1.54, 1.807) is 0 Å². The first kappa shape index (κ1) is 13.7. The van der Waals surface area contributed by atoms with E-state index in [0.717, 1.165) is 29.8 Å². The molecule has 1 aliphatic heterocycles. The van der Waals surface area contributed by atoms with Gasteiger partial charge in [0, 0.05) is 28.8 Å². The lowest BCUT2D eigenvalue weighted by molar-refractivity contribution is 0.134. The van der Waals surface area contributed by atoms with Crippen molar-refractivity contribution < 1.29 is 4.74 Å². The lowest BCUT2D eigenvalue weighted by Crippen LogP contribution is -2.19. The molecule has 2 heterocycles. The Bertz CT molecular complexity index is 598. The molecule has 4 heteroatoms. The number of likely N-dealkylation sites (N-methyl/N-ethyl adjacent to an activating group) is 1. The highest BCUT2D eigenvalue weighted by atomic mass is 79.9. The van der Waals surface area contributed by atoms with E-state index >= 15 is 0 Å². The Morgan fingerprint density at radius 3 is 2.85 bits per heavy atom. The van der Waals surface area contributed by atoms with E-state index in [0.29, 0.717) is 0 Å². The zero-order valence-electron chi connectivity index (χ0n) is 11.4. The second-order valence-electron chi connectivity index (χ2n) is 5.03. The third-order valence-electron chi connectivity index (χ3n) is 3.70. The van der Waals surface area contributed by atoms with Crippen molar-refractivity contribution in [3.8, 4) is 0 Å². The molecule has 1 aromatic carbocycles. The molecular formula is C16H17BrN2O. The normalized spacial score (nSPS) is 15.1. The molecule has 0 saturated heterocycles. The van der Waals surface area contributed by atoms with Gasteiger partial charge in [-0.05, 0) is 51.8 Å².